The summed E-state index contributed by atoms with van der Waals surface area (Å²) in [6.07, 6.45) is 4.32. The van der Waals surface area contributed by atoms with E-state index in [0.29, 0.717) is 22.3 Å². The van der Waals surface area contributed by atoms with Crippen LogP contribution in [0.15, 0.2) is 46.9 Å². The number of nitrogens with zero attached hydrogens (tertiary/aromatic N) is 1. The highest BCUT2D eigenvalue weighted by Gasteiger charge is 2.28. The van der Waals surface area contributed by atoms with Crippen LogP contribution in [0, 0.1) is 0 Å². The maximum atomic E-state index is 13.2. The summed E-state index contributed by atoms with van der Waals surface area (Å²) in [6, 6.07) is 13.0. The van der Waals surface area contributed by atoms with E-state index in [1.54, 1.807) is 11.0 Å². The fraction of sp³-hybridized carbons (Fsp3) is 0.417. The molecule has 1 unspecified atom stereocenters. The zero-order chi connectivity index (χ0) is 23.1. The van der Waals surface area contributed by atoms with Gasteiger partial charge in [0.15, 0.2) is 0 Å². The first-order valence-electron chi connectivity index (χ1n) is 10.7. The molecule has 8 heteroatoms. The van der Waals surface area contributed by atoms with Gasteiger partial charge in [-0.05, 0) is 55.2 Å². The zero-order valence-electron chi connectivity index (χ0n) is 18.0. The summed E-state index contributed by atoms with van der Waals surface area (Å²) in [5.41, 5.74) is 1.99. The number of amides is 2. The van der Waals surface area contributed by atoms with E-state index in [1.807, 2.05) is 43.3 Å². The van der Waals surface area contributed by atoms with Crippen LogP contribution in [-0.4, -0.2) is 34.6 Å². The van der Waals surface area contributed by atoms with Gasteiger partial charge in [0.05, 0.1) is 15.8 Å². The van der Waals surface area contributed by atoms with Crippen LogP contribution < -0.4 is 5.32 Å². The number of carbonyl (C=O) groups excluding carboxylic acids is 2. The van der Waals surface area contributed by atoms with Crippen molar-refractivity contribution in [3.05, 3.63) is 68.1 Å². The molecule has 0 radical (unpaired) electrons. The lowest BCUT2D eigenvalue weighted by Crippen LogP contribution is -2.50. The first-order chi connectivity index (χ1) is 15.3. The number of benzene rings is 2. The van der Waals surface area contributed by atoms with Crippen LogP contribution in [0.4, 0.5) is 0 Å². The second kappa shape index (κ2) is 12.3. The minimum absolute atomic E-state index is 0.0629. The molecule has 0 bridgehead atoms. The quantitative estimate of drug-likeness (QED) is 0.384. The minimum atomic E-state index is -0.544. The number of hydrogen-bond donors (Lipinski definition) is 1. The van der Waals surface area contributed by atoms with Crippen molar-refractivity contribution >= 4 is 62.7 Å². The number of halogens is 3. The summed E-state index contributed by atoms with van der Waals surface area (Å²) in [5.74, 6) is 0.763. The van der Waals surface area contributed by atoms with Gasteiger partial charge in [-0.25, -0.2) is 0 Å². The number of nitrogens with one attached hydrogen (secondary N) is 1. The summed E-state index contributed by atoms with van der Waals surface area (Å²) in [4.78, 5) is 27.8. The highest BCUT2D eigenvalue weighted by molar-refractivity contribution is 9.10. The molecule has 3 rings (SSSR count). The lowest BCUT2D eigenvalue weighted by Gasteiger charge is -2.29. The van der Waals surface area contributed by atoms with Gasteiger partial charge in [0.25, 0.3) is 0 Å². The lowest BCUT2D eigenvalue weighted by atomic mass is 10.1. The highest BCUT2D eigenvalue weighted by Crippen LogP contribution is 2.25. The van der Waals surface area contributed by atoms with Gasteiger partial charge in [-0.15, -0.1) is 11.8 Å². The van der Waals surface area contributed by atoms with Crippen LogP contribution in [0.25, 0.3) is 0 Å². The van der Waals surface area contributed by atoms with Crippen LogP contribution in [0.2, 0.25) is 10.0 Å². The van der Waals surface area contributed by atoms with Gasteiger partial charge in [-0.2, -0.15) is 0 Å². The van der Waals surface area contributed by atoms with Crippen molar-refractivity contribution in [3.8, 4) is 0 Å². The Kier molecular flexibility index (Phi) is 9.77. The Labute approximate surface area is 212 Å². The van der Waals surface area contributed by atoms with Crippen LogP contribution in [0.1, 0.15) is 43.7 Å². The molecule has 0 aliphatic heterocycles. The first kappa shape index (κ1) is 25.4. The molecule has 2 aromatic carbocycles. The molecular formula is C24H27BrCl2N2O2S. The maximum Gasteiger partial charge on any atom is 0.242 e. The number of rotatable bonds is 9. The highest BCUT2D eigenvalue weighted by atomic mass is 79.9. The van der Waals surface area contributed by atoms with E-state index in [2.05, 4.69) is 21.2 Å². The van der Waals surface area contributed by atoms with Crippen molar-refractivity contribution in [3.63, 3.8) is 0 Å². The largest absolute Gasteiger partial charge is 0.352 e. The molecule has 4 nitrogen and oxygen atoms in total. The topological polar surface area (TPSA) is 49.4 Å². The van der Waals surface area contributed by atoms with Gasteiger partial charge in [0.2, 0.25) is 11.8 Å². The molecule has 172 valence electrons. The van der Waals surface area contributed by atoms with Crippen molar-refractivity contribution in [2.45, 2.75) is 57.0 Å². The Morgan fingerprint density at radius 3 is 2.41 bits per heavy atom. The molecule has 32 heavy (non-hydrogen) atoms. The smallest absolute Gasteiger partial charge is 0.242 e. The SMILES string of the molecule is CC(C(=O)NC1CCCC1)N(Cc1ccc(Br)cc1)C(=O)CSCc1ccc(Cl)c(Cl)c1. The lowest BCUT2D eigenvalue weighted by molar-refractivity contribution is -0.138. The molecule has 2 aromatic rings. The van der Waals surface area contributed by atoms with E-state index in [1.165, 1.54) is 11.8 Å². The molecule has 0 saturated heterocycles. The van der Waals surface area contributed by atoms with E-state index < -0.39 is 6.04 Å². The first-order valence-corrected chi connectivity index (χ1v) is 13.4. The summed E-state index contributed by atoms with van der Waals surface area (Å²) < 4.78 is 0.975. The van der Waals surface area contributed by atoms with Crippen molar-refractivity contribution in [1.82, 2.24) is 10.2 Å². The molecule has 0 aromatic heterocycles. The van der Waals surface area contributed by atoms with E-state index in [0.717, 1.165) is 41.3 Å². The Balaban J connectivity index is 1.65. The molecule has 1 N–H and O–H groups in total. The average Bonchev–Trinajstić information content (AvgIpc) is 3.28. The van der Waals surface area contributed by atoms with E-state index in [9.17, 15) is 9.59 Å². The van der Waals surface area contributed by atoms with Crippen molar-refractivity contribution in [2.75, 3.05) is 5.75 Å². The normalized spacial score (nSPS) is 14.9. The molecule has 1 fully saturated rings. The van der Waals surface area contributed by atoms with Crippen LogP contribution in [0.3, 0.4) is 0 Å². The molecular weight excluding hydrogens is 531 g/mol. The van der Waals surface area contributed by atoms with Gasteiger partial charge in [0.1, 0.15) is 6.04 Å². The fourth-order valence-corrected chi connectivity index (χ4v) is 5.17. The predicted octanol–water partition coefficient (Wildman–Crippen LogP) is 6.47. The van der Waals surface area contributed by atoms with Crippen LogP contribution in [0.5, 0.6) is 0 Å². The Morgan fingerprint density at radius 1 is 1.09 bits per heavy atom. The molecule has 2 amide bonds. The molecule has 1 aliphatic carbocycles. The standard InChI is InChI=1S/C24H27BrCl2N2O2S/c1-16(24(31)28-20-4-2-3-5-20)29(13-17-6-9-19(25)10-7-17)23(30)15-32-14-18-8-11-21(26)22(27)12-18/h6-12,16,20H,2-5,13-15H2,1H3,(H,28,31). The minimum Gasteiger partial charge on any atom is -0.352 e. The second-order valence-corrected chi connectivity index (χ2v) is 10.8. The Bertz CT molecular complexity index is 936. The van der Waals surface area contributed by atoms with Gasteiger partial charge in [-0.1, -0.05) is 70.2 Å². The number of hydrogen-bond acceptors (Lipinski definition) is 3. The third-order valence-electron chi connectivity index (χ3n) is 5.61. The van der Waals surface area contributed by atoms with Crippen molar-refractivity contribution < 1.29 is 9.59 Å². The summed E-state index contributed by atoms with van der Waals surface area (Å²) in [5, 5.41) is 4.15. The van der Waals surface area contributed by atoms with Gasteiger partial charge in [0, 0.05) is 22.8 Å². The average molecular weight is 558 g/mol. The third-order valence-corrected chi connectivity index (χ3v) is 7.87. The Morgan fingerprint density at radius 2 is 1.75 bits per heavy atom. The fourth-order valence-electron chi connectivity index (χ4n) is 3.73. The third kappa shape index (κ3) is 7.41. The maximum absolute atomic E-state index is 13.2. The summed E-state index contributed by atoms with van der Waals surface area (Å²) >= 11 is 17.0. The van der Waals surface area contributed by atoms with E-state index in [-0.39, 0.29) is 23.6 Å². The zero-order valence-corrected chi connectivity index (χ0v) is 21.9. The van der Waals surface area contributed by atoms with Crippen molar-refractivity contribution in [2.24, 2.45) is 0 Å². The predicted molar refractivity (Wildman–Crippen MR) is 137 cm³/mol. The Hall–Kier alpha value is -1.21. The summed E-state index contributed by atoms with van der Waals surface area (Å²) in [7, 11) is 0. The summed E-state index contributed by atoms with van der Waals surface area (Å²) in [6.45, 7) is 2.20. The van der Waals surface area contributed by atoms with E-state index >= 15 is 0 Å². The van der Waals surface area contributed by atoms with Crippen molar-refractivity contribution in [1.29, 1.82) is 0 Å². The molecule has 0 heterocycles. The monoisotopic (exact) mass is 556 g/mol. The van der Waals surface area contributed by atoms with Gasteiger partial charge < -0.3 is 10.2 Å². The number of thioether (sulfide) groups is 1. The van der Waals surface area contributed by atoms with Gasteiger partial charge in [-0.3, -0.25) is 9.59 Å². The van der Waals surface area contributed by atoms with E-state index in [4.69, 9.17) is 23.2 Å². The molecule has 1 aliphatic rings. The van der Waals surface area contributed by atoms with Crippen LogP contribution in [-0.2, 0) is 21.9 Å². The van der Waals surface area contributed by atoms with Gasteiger partial charge >= 0.3 is 0 Å². The molecule has 1 saturated carbocycles. The molecule has 0 spiro atoms. The number of carbonyl (C=O) groups is 2. The second-order valence-electron chi connectivity index (χ2n) is 8.06. The van der Waals surface area contributed by atoms with Crippen LogP contribution >= 0.6 is 50.9 Å². The molecule has 1 atom stereocenters.